The van der Waals surface area contributed by atoms with Crippen LogP contribution in [0.25, 0.3) is 0 Å². The van der Waals surface area contributed by atoms with Crippen molar-refractivity contribution in [2.75, 3.05) is 0 Å². The second kappa shape index (κ2) is 19.8. The van der Waals surface area contributed by atoms with E-state index in [-0.39, 0.29) is 12.4 Å². The molecule has 0 aliphatic carbocycles. The zero-order valence-electron chi connectivity index (χ0n) is 14.3. The van der Waals surface area contributed by atoms with Crippen LogP contribution in [-0.2, 0) is 0 Å². The molecule has 0 aromatic carbocycles. The molecule has 0 aromatic rings. The van der Waals surface area contributed by atoms with E-state index < -0.39 is 0 Å². The van der Waals surface area contributed by atoms with Gasteiger partial charge in [0.15, 0.2) is 0 Å². The van der Waals surface area contributed by atoms with Crippen molar-refractivity contribution in [2.24, 2.45) is 5.73 Å². The van der Waals surface area contributed by atoms with E-state index in [2.05, 4.69) is 6.92 Å². The summed E-state index contributed by atoms with van der Waals surface area (Å²) in [5.41, 5.74) is 5.33. The summed E-state index contributed by atoms with van der Waals surface area (Å²) in [4.78, 5) is 0. The first-order valence-corrected chi connectivity index (χ1v) is 9.10. The summed E-state index contributed by atoms with van der Waals surface area (Å²) in [7, 11) is 0. The fraction of sp³-hybridized carbons (Fsp3) is 0.944. The molecule has 0 aromatic heterocycles. The van der Waals surface area contributed by atoms with E-state index >= 15 is 0 Å². The molecule has 0 bridgehead atoms. The summed E-state index contributed by atoms with van der Waals surface area (Å²) < 4.78 is 0. The maximum atomic E-state index is 7.15. The average molecular weight is 319 g/mol. The van der Waals surface area contributed by atoms with Crippen molar-refractivity contribution < 1.29 is 0 Å². The molecule has 3 heteroatoms. The molecular formula is C18H39ClN2. The van der Waals surface area contributed by atoms with Gasteiger partial charge in [0.05, 0.1) is 5.84 Å². The molecule has 0 aliphatic rings. The number of unbranched alkanes of at least 4 members (excludes halogenated alkanes) is 14. The molecule has 0 saturated carbocycles. The van der Waals surface area contributed by atoms with E-state index in [1.807, 2.05) is 0 Å². The number of nitrogens with one attached hydrogen (secondary N) is 1. The standard InChI is InChI=1S/C18H38N2.ClH/c1-2-3-4-5-6-7-8-9-10-11-12-13-14-15-16-17-18(19)20;/h2-17H2,1H3,(H3,19,20);1H. The summed E-state index contributed by atoms with van der Waals surface area (Å²) >= 11 is 0. The van der Waals surface area contributed by atoms with Gasteiger partial charge in [0.2, 0.25) is 0 Å². The van der Waals surface area contributed by atoms with Gasteiger partial charge >= 0.3 is 0 Å². The van der Waals surface area contributed by atoms with Crippen molar-refractivity contribution in [1.82, 2.24) is 0 Å². The Morgan fingerprint density at radius 1 is 0.619 bits per heavy atom. The highest BCUT2D eigenvalue weighted by molar-refractivity contribution is 5.85. The highest BCUT2D eigenvalue weighted by Gasteiger charge is 1.95. The van der Waals surface area contributed by atoms with E-state index in [1.165, 1.54) is 89.9 Å². The Labute approximate surface area is 139 Å². The third kappa shape index (κ3) is 22.2. The number of nitrogens with two attached hydrogens (primary N) is 1. The van der Waals surface area contributed by atoms with Crippen LogP contribution in [0.1, 0.15) is 110 Å². The lowest BCUT2D eigenvalue weighted by atomic mass is 10.0. The van der Waals surface area contributed by atoms with Gasteiger partial charge < -0.3 is 5.73 Å². The van der Waals surface area contributed by atoms with Crippen molar-refractivity contribution in [3.05, 3.63) is 0 Å². The molecule has 0 heterocycles. The Morgan fingerprint density at radius 2 is 0.905 bits per heavy atom. The van der Waals surface area contributed by atoms with Crippen LogP contribution in [-0.4, -0.2) is 5.84 Å². The number of hydrogen-bond acceptors (Lipinski definition) is 1. The normalized spacial score (nSPS) is 10.3. The first kappa shape index (κ1) is 23.0. The van der Waals surface area contributed by atoms with Crippen LogP contribution in [0, 0.1) is 5.41 Å². The first-order chi connectivity index (χ1) is 9.77. The van der Waals surface area contributed by atoms with Crippen molar-refractivity contribution in [3.63, 3.8) is 0 Å². The molecule has 0 fully saturated rings. The largest absolute Gasteiger partial charge is 0.388 e. The Balaban J connectivity index is 0. The summed E-state index contributed by atoms with van der Waals surface area (Å²) in [6.45, 7) is 2.28. The lowest BCUT2D eigenvalue weighted by Gasteiger charge is -2.03. The summed E-state index contributed by atoms with van der Waals surface area (Å²) in [6, 6.07) is 0. The molecule has 0 atom stereocenters. The molecule has 3 N–H and O–H groups in total. The maximum Gasteiger partial charge on any atom is 0.0905 e. The van der Waals surface area contributed by atoms with Crippen molar-refractivity contribution in [2.45, 2.75) is 110 Å². The maximum absolute atomic E-state index is 7.15. The van der Waals surface area contributed by atoms with Crippen LogP contribution in [0.3, 0.4) is 0 Å². The zero-order valence-corrected chi connectivity index (χ0v) is 15.1. The molecule has 0 radical (unpaired) electrons. The number of rotatable bonds is 16. The van der Waals surface area contributed by atoms with Crippen molar-refractivity contribution in [1.29, 1.82) is 5.41 Å². The first-order valence-electron chi connectivity index (χ1n) is 9.10. The molecule has 0 saturated heterocycles. The Hall–Kier alpha value is -0.240. The SMILES string of the molecule is CCCCCCCCCCCCCCCCCC(=N)N.Cl. The molecule has 21 heavy (non-hydrogen) atoms. The average Bonchev–Trinajstić information content (AvgIpc) is 2.43. The van der Waals surface area contributed by atoms with E-state index in [1.54, 1.807) is 0 Å². The summed E-state index contributed by atoms with van der Waals surface area (Å²) in [5.74, 6) is 0.347. The fourth-order valence-corrected chi connectivity index (χ4v) is 2.69. The quantitative estimate of drug-likeness (QED) is 0.188. The summed E-state index contributed by atoms with van der Waals surface area (Å²) in [5, 5.41) is 7.15. The Bertz CT molecular complexity index is 207. The predicted molar refractivity (Wildman–Crippen MR) is 98.7 cm³/mol. The molecule has 0 amide bonds. The van der Waals surface area contributed by atoms with Crippen LogP contribution >= 0.6 is 12.4 Å². The molecule has 0 spiro atoms. The highest BCUT2D eigenvalue weighted by atomic mass is 35.5. The molecular weight excluding hydrogens is 280 g/mol. The smallest absolute Gasteiger partial charge is 0.0905 e. The fourth-order valence-electron chi connectivity index (χ4n) is 2.69. The Kier molecular flexibility index (Phi) is 21.7. The topological polar surface area (TPSA) is 49.9 Å². The van der Waals surface area contributed by atoms with Crippen LogP contribution < -0.4 is 5.73 Å². The minimum Gasteiger partial charge on any atom is -0.388 e. The number of halogens is 1. The molecule has 0 rings (SSSR count). The van der Waals surface area contributed by atoms with Crippen LogP contribution in [0.15, 0.2) is 0 Å². The third-order valence-electron chi connectivity index (χ3n) is 4.05. The van der Waals surface area contributed by atoms with Gasteiger partial charge in [0, 0.05) is 6.42 Å². The monoisotopic (exact) mass is 318 g/mol. The van der Waals surface area contributed by atoms with Gasteiger partial charge in [-0.15, -0.1) is 12.4 Å². The van der Waals surface area contributed by atoms with Gasteiger partial charge in [-0.05, 0) is 6.42 Å². The van der Waals surface area contributed by atoms with Crippen molar-refractivity contribution in [3.8, 4) is 0 Å². The predicted octanol–water partition coefficient (Wildman–Crippen LogP) is 6.61. The van der Waals surface area contributed by atoms with Gasteiger partial charge in [0.1, 0.15) is 0 Å². The van der Waals surface area contributed by atoms with Gasteiger partial charge in [0.25, 0.3) is 0 Å². The second-order valence-corrected chi connectivity index (χ2v) is 6.22. The zero-order chi connectivity index (χ0) is 14.9. The molecule has 128 valence electrons. The van der Waals surface area contributed by atoms with E-state index in [9.17, 15) is 0 Å². The Morgan fingerprint density at radius 3 is 1.19 bits per heavy atom. The number of hydrogen-bond donors (Lipinski definition) is 2. The number of amidine groups is 1. The molecule has 0 aliphatic heterocycles. The molecule has 2 nitrogen and oxygen atoms in total. The van der Waals surface area contributed by atoms with Crippen LogP contribution in [0.5, 0.6) is 0 Å². The minimum atomic E-state index is 0. The highest BCUT2D eigenvalue weighted by Crippen LogP contribution is 2.13. The second-order valence-electron chi connectivity index (χ2n) is 6.22. The van der Waals surface area contributed by atoms with Gasteiger partial charge in [-0.3, -0.25) is 5.41 Å². The van der Waals surface area contributed by atoms with Gasteiger partial charge in [-0.2, -0.15) is 0 Å². The van der Waals surface area contributed by atoms with Gasteiger partial charge in [-0.25, -0.2) is 0 Å². The van der Waals surface area contributed by atoms with E-state index in [4.69, 9.17) is 11.1 Å². The third-order valence-corrected chi connectivity index (χ3v) is 4.05. The van der Waals surface area contributed by atoms with E-state index in [0.29, 0.717) is 5.84 Å². The van der Waals surface area contributed by atoms with E-state index in [0.717, 1.165) is 12.8 Å². The minimum absolute atomic E-state index is 0. The lowest BCUT2D eigenvalue weighted by Crippen LogP contribution is -2.08. The lowest BCUT2D eigenvalue weighted by molar-refractivity contribution is 0.533. The molecule has 0 unspecified atom stereocenters. The summed E-state index contributed by atoms with van der Waals surface area (Å²) in [6.07, 6.45) is 21.6. The van der Waals surface area contributed by atoms with Crippen molar-refractivity contribution >= 4 is 18.2 Å². The van der Waals surface area contributed by atoms with Crippen LogP contribution in [0.4, 0.5) is 0 Å². The van der Waals surface area contributed by atoms with Gasteiger partial charge in [-0.1, -0.05) is 96.8 Å². The van der Waals surface area contributed by atoms with Crippen LogP contribution in [0.2, 0.25) is 0 Å².